The van der Waals surface area contributed by atoms with Gasteiger partial charge in [0.15, 0.2) is 0 Å². The zero-order valence-corrected chi connectivity index (χ0v) is 8.81. The molecule has 1 fully saturated rings. The summed E-state index contributed by atoms with van der Waals surface area (Å²) < 4.78 is 10.3. The second-order valence-corrected chi connectivity index (χ2v) is 3.54. The van der Waals surface area contributed by atoms with E-state index in [0.717, 1.165) is 13.1 Å². The molecule has 0 bridgehead atoms. The molecule has 0 unspecified atom stereocenters. The van der Waals surface area contributed by atoms with Crippen molar-refractivity contribution in [2.45, 2.75) is 6.54 Å². The molecule has 1 aliphatic rings. The van der Waals surface area contributed by atoms with Crippen LogP contribution in [0.25, 0.3) is 0 Å². The first-order chi connectivity index (χ1) is 7.75. The van der Waals surface area contributed by atoms with Crippen LogP contribution in [-0.4, -0.2) is 42.4 Å². The lowest BCUT2D eigenvalue weighted by atomic mass is 10.3. The molecule has 0 saturated carbocycles. The van der Waals surface area contributed by atoms with Crippen LogP contribution in [0.2, 0.25) is 0 Å². The highest BCUT2D eigenvalue weighted by Crippen LogP contribution is 2.07. The van der Waals surface area contributed by atoms with Gasteiger partial charge in [-0.15, -0.1) is 0 Å². The average molecular weight is 226 g/mol. The lowest BCUT2D eigenvalue weighted by molar-refractivity contribution is 0.00945. The number of rotatable bonds is 4. The van der Waals surface area contributed by atoms with Crippen LogP contribution in [0, 0.1) is 0 Å². The number of aromatic carboxylic acids is 1. The molecule has 16 heavy (non-hydrogen) atoms. The Morgan fingerprint density at radius 1 is 1.50 bits per heavy atom. The summed E-state index contributed by atoms with van der Waals surface area (Å²) in [5.74, 6) is -0.356. The van der Waals surface area contributed by atoms with E-state index < -0.39 is 5.97 Å². The maximum Gasteiger partial charge on any atom is 0.338 e. The van der Waals surface area contributed by atoms with Crippen LogP contribution in [0.4, 0.5) is 0 Å². The van der Waals surface area contributed by atoms with Crippen molar-refractivity contribution >= 4 is 5.97 Å². The van der Waals surface area contributed by atoms with E-state index in [1.54, 1.807) is 0 Å². The Hall–Kier alpha value is -1.37. The molecule has 6 nitrogen and oxygen atoms in total. The van der Waals surface area contributed by atoms with Crippen molar-refractivity contribution in [1.82, 2.24) is 10.4 Å². The largest absolute Gasteiger partial charge is 0.478 e. The van der Waals surface area contributed by atoms with Crippen LogP contribution < -0.4 is 5.43 Å². The predicted molar refractivity (Wildman–Crippen MR) is 54.9 cm³/mol. The SMILES string of the molecule is O=C(O)c1coc(CNN2CCOCC2)c1. The number of ether oxygens (including phenoxy) is 1. The van der Waals surface area contributed by atoms with Crippen molar-refractivity contribution in [2.75, 3.05) is 26.3 Å². The first kappa shape index (κ1) is 11.1. The van der Waals surface area contributed by atoms with Crippen molar-refractivity contribution < 1.29 is 19.1 Å². The average Bonchev–Trinajstić information content (AvgIpc) is 2.76. The van der Waals surface area contributed by atoms with Gasteiger partial charge in [0.25, 0.3) is 0 Å². The normalized spacial score (nSPS) is 17.5. The van der Waals surface area contributed by atoms with Crippen molar-refractivity contribution in [3.05, 3.63) is 23.7 Å². The number of nitrogens with zero attached hydrogens (tertiary/aromatic N) is 1. The van der Waals surface area contributed by atoms with Crippen molar-refractivity contribution in [3.63, 3.8) is 0 Å². The van der Waals surface area contributed by atoms with E-state index >= 15 is 0 Å². The molecule has 0 amide bonds. The van der Waals surface area contributed by atoms with Crippen LogP contribution >= 0.6 is 0 Å². The van der Waals surface area contributed by atoms with Gasteiger partial charge in [0.2, 0.25) is 0 Å². The summed E-state index contributed by atoms with van der Waals surface area (Å²) in [6.07, 6.45) is 1.25. The molecule has 2 heterocycles. The molecular weight excluding hydrogens is 212 g/mol. The Morgan fingerprint density at radius 3 is 2.88 bits per heavy atom. The minimum Gasteiger partial charge on any atom is -0.478 e. The number of hydrogen-bond donors (Lipinski definition) is 2. The fourth-order valence-corrected chi connectivity index (χ4v) is 1.50. The first-order valence-corrected chi connectivity index (χ1v) is 5.12. The highest BCUT2D eigenvalue weighted by atomic mass is 16.5. The van der Waals surface area contributed by atoms with Gasteiger partial charge in [-0.3, -0.25) is 0 Å². The summed E-state index contributed by atoms with van der Waals surface area (Å²) in [5.41, 5.74) is 3.34. The van der Waals surface area contributed by atoms with Crippen LogP contribution in [0.15, 0.2) is 16.7 Å². The van der Waals surface area contributed by atoms with Crippen LogP contribution in [0.5, 0.6) is 0 Å². The standard InChI is InChI=1S/C10H14N2O4/c13-10(14)8-5-9(16-7-8)6-11-12-1-3-15-4-2-12/h5,7,11H,1-4,6H2,(H,13,14). The van der Waals surface area contributed by atoms with Gasteiger partial charge >= 0.3 is 5.97 Å². The van der Waals surface area contributed by atoms with Crippen molar-refractivity contribution in [3.8, 4) is 0 Å². The fraction of sp³-hybridized carbons (Fsp3) is 0.500. The Kier molecular flexibility index (Phi) is 3.55. The van der Waals surface area contributed by atoms with E-state index in [1.807, 2.05) is 5.01 Å². The van der Waals surface area contributed by atoms with Gasteiger partial charge in [-0.05, 0) is 6.07 Å². The van der Waals surface area contributed by atoms with Gasteiger partial charge in [-0.2, -0.15) is 0 Å². The summed E-state index contributed by atoms with van der Waals surface area (Å²) >= 11 is 0. The lowest BCUT2D eigenvalue weighted by Gasteiger charge is -2.26. The highest BCUT2D eigenvalue weighted by molar-refractivity contribution is 5.87. The molecule has 2 N–H and O–H groups in total. The number of carboxylic acids is 1. The second-order valence-electron chi connectivity index (χ2n) is 3.54. The van der Waals surface area contributed by atoms with Crippen LogP contribution in [0.1, 0.15) is 16.1 Å². The maximum atomic E-state index is 10.6. The predicted octanol–water partition coefficient (Wildman–Crippen LogP) is 0.315. The van der Waals surface area contributed by atoms with Gasteiger partial charge in [-0.25, -0.2) is 15.2 Å². The molecule has 0 aromatic carbocycles. The summed E-state index contributed by atoms with van der Waals surface area (Å²) in [6.45, 7) is 3.57. The molecule has 0 atom stereocenters. The molecule has 1 aliphatic heterocycles. The zero-order valence-electron chi connectivity index (χ0n) is 8.81. The number of hydrogen-bond acceptors (Lipinski definition) is 5. The number of morpholine rings is 1. The van der Waals surface area contributed by atoms with Crippen LogP contribution in [-0.2, 0) is 11.3 Å². The first-order valence-electron chi connectivity index (χ1n) is 5.12. The molecule has 6 heteroatoms. The Labute approximate surface area is 92.8 Å². The molecule has 0 radical (unpaired) electrons. The monoisotopic (exact) mass is 226 g/mol. The molecule has 88 valence electrons. The Morgan fingerprint density at radius 2 is 2.25 bits per heavy atom. The second kappa shape index (κ2) is 5.11. The topological polar surface area (TPSA) is 74.9 Å². The van der Waals surface area contributed by atoms with Gasteiger partial charge < -0.3 is 14.3 Å². The zero-order chi connectivity index (χ0) is 11.4. The van der Waals surface area contributed by atoms with E-state index in [9.17, 15) is 4.79 Å². The number of carboxylic acid groups (broad SMARTS) is 1. The lowest BCUT2D eigenvalue weighted by Crippen LogP contribution is -2.45. The smallest absolute Gasteiger partial charge is 0.338 e. The van der Waals surface area contributed by atoms with Gasteiger partial charge in [0.05, 0.1) is 25.3 Å². The quantitative estimate of drug-likeness (QED) is 0.769. The summed E-state index contributed by atoms with van der Waals surface area (Å²) in [6, 6.07) is 1.52. The van der Waals surface area contributed by atoms with E-state index in [4.69, 9.17) is 14.3 Å². The van der Waals surface area contributed by atoms with E-state index in [-0.39, 0.29) is 5.56 Å². The minimum absolute atomic E-state index is 0.179. The summed E-state index contributed by atoms with van der Waals surface area (Å²) in [5, 5.41) is 10.7. The van der Waals surface area contributed by atoms with Gasteiger partial charge in [0.1, 0.15) is 12.0 Å². The molecule has 0 spiro atoms. The van der Waals surface area contributed by atoms with E-state index in [1.165, 1.54) is 12.3 Å². The number of nitrogens with one attached hydrogen (secondary N) is 1. The number of furan rings is 1. The third-order valence-corrected chi connectivity index (χ3v) is 2.39. The molecular formula is C10H14N2O4. The molecule has 1 saturated heterocycles. The third kappa shape index (κ3) is 2.82. The Bertz CT molecular complexity index is 357. The van der Waals surface area contributed by atoms with Crippen molar-refractivity contribution in [2.24, 2.45) is 0 Å². The maximum absolute atomic E-state index is 10.6. The molecule has 2 rings (SSSR count). The van der Waals surface area contributed by atoms with Crippen LogP contribution in [0.3, 0.4) is 0 Å². The molecule has 1 aromatic heterocycles. The minimum atomic E-state index is -0.971. The number of carbonyl (C=O) groups is 1. The highest BCUT2D eigenvalue weighted by Gasteiger charge is 2.12. The van der Waals surface area contributed by atoms with E-state index in [0.29, 0.717) is 25.5 Å². The number of hydrazine groups is 1. The Balaban J connectivity index is 1.81. The summed E-state index contributed by atoms with van der Waals surface area (Å²) in [4.78, 5) is 10.6. The van der Waals surface area contributed by atoms with E-state index in [2.05, 4.69) is 5.43 Å². The van der Waals surface area contributed by atoms with Gasteiger partial charge in [-0.1, -0.05) is 0 Å². The third-order valence-electron chi connectivity index (χ3n) is 2.39. The molecule has 1 aromatic rings. The van der Waals surface area contributed by atoms with Crippen molar-refractivity contribution in [1.29, 1.82) is 0 Å². The fourth-order valence-electron chi connectivity index (χ4n) is 1.50. The van der Waals surface area contributed by atoms with Gasteiger partial charge in [0, 0.05) is 13.1 Å². The molecule has 0 aliphatic carbocycles. The summed E-state index contributed by atoms with van der Waals surface area (Å²) in [7, 11) is 0.